The van der Waals surface area contributed by atoms with Crippen molar-refractivity contribution in [2.75, 3.05) is 19.7 Å². The summed E-state index contributed by atoms with van der Waals surface area (Å²) in [6, 6.07) is 0.123. The van der Waals surface area contributed by atoms with E-state index in [-0.39, 0.29) is 24.1 Å². The second-order valence-corrected chi connectivity index (χ2v) is 5.17. The van der Waals surface area contributed by atoms with Crippen molar-refractivity contribution in [3.8, 4) is 0 Å². The number of nitrogens with one attached hydrogen (secondary N) is 1. The van der Waals surface area contributed by atoms with Crippen molar-refractivity contribution in [3.63, 3.8) is 0 Å². The fourth-order valence-electron chi connectivity index (χ4n) is 2.12. The van der Waals surface area contributed by atoms with Gasteiger partial charge in [-0.25, -0.2) is 4.79 Å². The fraction of sp³-hybridized carbons (Fsp3) is 0.909. The molecule has 1 aliphatic heterocycles. The van der Waals surface area contributed by atoms with Gasteiger partial charge < -0.3 is 15.3 Å². The number of urea groups is 1. The van der Waals surface area contributed by atoms with Crippen LogP contribution in [0.15, 0.2) is 0 Å². The SMILES string of the molecule is CC(C)(C)C(CCO)N1CCCNC1=O. The quantitative estimate of drug-likeness (QED) is 0.741. The number of aliphatic hydroxyl groups is 1. The second-order valence-electron chi connectivity index (χ2n) is 5.17. The number of amides is 2. The molecular weight excluding hydrogens is 192 g/mol. The Labute approximate surface area is 91.6 Å². The van der Waals surface area contributed by atoms with Gasteiger partial charge in [-0.15, -0.1) is 0 Å². The number of hydrogen-bond donors (Lipinski definition) is 2. The first kappa shape index (κ1) is 12.3. The summed E-state index contributed by atoms with van der Waals surface area (Å²) in [6.45, 7) is 8.02. The van der Waals surface area contributed by atoms with E-state index in [0.717, 1.165) is 19.5 Å². The van der Waals surface area contributed by atoms with E-state index in [1.165, 1.54) is 0 Å². The van der Waals surface area contributed by atoms with Gasteiger partial charge in [0.2, 0.25) is 0 Å². The monoisotopic (exact) mass is 214 g/mol. The highest BCUT2D eigenvalue weighted by molar-refractivity contribution is 5.75. The van der Waals surface area contributed by atoms with E-state index >= 15 is 0 Å². The molecule has 0 saturated carbocycles. The summed E-state index contributed by atoms with van der Waals surface area (Å²) >= 11 is 0. The molecule has 4 heteroatoms. The van der Waals surface area contributed by atoms with Gasteiger partial charge in [0.1, 0.15) is 0 Å². The Morgan fingerprint density at radius 2 is 2.20 bits per heavy atom. The lowest BCUT2D eigenvalue weighted by Gasteiger charge is -2.41. The first-order valence-corrected chi connectivity index (χ1v) is 5.62. The molecule has 0 aromatic heterocycles. The molecule has 1 unspecified atom stereocenters. The first-order valence-electron chi connectivity index (χ1n) is 5.62. The molecule has 0 aliphatic carbocycles. The minimum Gasteiger partial charge on any atom is -0.396 e. The normalized spacial score (nSPS) is 20.0. The molecule has 1 heterocycles. The molecule has 2 N–H and O–H groups in total. The van der Waals surface area contributed by atoms with Crippen LogP contribution in [0, 0.1) is 5.41 Å². The van der Waals surface area contributed by atoms with Crippen molar-refractivity contribution < 1.29 is 9.90 Å². The van der Waals surface area contributed by atoms with Crippen LogP contribution in [0.3, 0.4) is 0 Å². The number of nitrogens with zero attached hydrogens (tertiary/aromatic N) is 1. The molecule has 0 aromatic rings. The number of carbonyl (C=O) groups is 1. The van der Waals surface area contributed by atoms with Crippen LogP contribution in [0.25, 0.3) is 0 Å². The number of carbonyl (C=O) groups excluding carboxylic acids is 1. The van der Waals surface area contributed by atoms with Gasteiger partial charge in [-0.2, -0.15) is 0 Å². The Bertz CT molecular complexity index is 223. The lowest BCUT2D eigenvalue weighted by atomic mass is 9.83. The topological polar surface area (TPSA) is 52.6 Å². The molecule has 88 valence electrons. The zero-order valence-electron chi connectivity index (χ0n) is 9.92. The Hall–Kier alpha value is -0.770. The molecule has 2 amide bonds. The Balaban J connectivity index is 2.73. The van der Waals surface area contributed by atoms with Gasteiger partial charge in [0, 0.05) is 25.7 Å². The van der Waals surface area contributed by atoms with Gasteiger partial charge >= 0.3 is 6.03 Å². The molecule has 1 rings (SSSR count). The molecule has 4 nitrogen and oxygen atoms in total. The van der Waals surface area contributed by atoms with Crippen molar-refractivity contribution in [3.05, 3.63) is 0 Å². The zero-order valence-corrected chi connectivity index (χ0v) is 9.92. The summed E-state index contributed by atoms with van der Waals surface area (Å²) in [5, 5.41) is 11.9. The third-order valence-corrected chi connectivity index (χ3v) is 2.89. The first-order chi connectivity index (χ1) is 6.96. The smallest absolute Gasteiger partial charge is 0.317 e. The maximum atomic E-state index is 11.7. The molecule has 1 atom stereocenters. The van der Waals surface area contributed by atoms with Crippen molar-refractivity contribution in [2.45, 2.75) is 39.7 Å². The minimum absolute atomic E-state index is 0.00891. The lowest BCUT2D eigenvalue weighted by Crippen LogP contribution is -2.55. The molecule has 0 spiro atoms. The maximum Gasteiger partial charge on any atom is 0.317 e. The van der Waals surface area contributed by atoms with Gasteiger partial charge in [0.15, 0.2) is 0 Å². The molecular formula is C11H22N2O2. The second kappa shape index (κ2) is 4.84. The fourth-order valence-corrected chi connectivity index (χ4v) is 2.12. The van der Waals surface area contributed by atoms with Gasteiger partial charge in [0.05, 0.1) is 0 Å². The van der Waals surface area contributed by atoms with E-state index in [4.69, 9.17) is 5.11 Å². The highest BCUT2D eigenvalue weighted by atomic mass is 16.3. The zero-order chi connectivity index (χ0) is 11.5. The summed E-state index contributed by atoms with van der Waals surface area (Å²) in [5.41, 5.74) is 0.0113. The van der Waals surface area contributed by atoms with E-state index < -0.39 is 0 Å². The van der Waals surface area contributed by atoms with E-state index in [2.05, 4.69) is 26.1 Å². The van der Waals surface area contributed by atoms with E-state index in [0.29, 0.717) is 6.42 Å². The highest BCUT2D eigenvalue weighted by Crippen LogP contribution is 2.27. The lowest BCUT2D eigenvalue weighted by molar-refractivity contribution is 0.0857. The summed E-state index contributed by atoms with van der Waals surface area (Å²) in [7, 11) is 0. The largest absolute Gasteiger partial charge is 0.396 e. The molecule has 1 saturated heterocycles. The van der Waals surface area contributed by atoms with Crippen LogP contribution < -0.4 is 5.32 Å². The van der Waals surface area contributed by atoms with E-state index in [1.807, 2.05) is 4.90 Å². The predicted molar refractivity (Wildman–Crippen MR) is 59.7 cm³/mol. The minimum atomic E-state index is 0.00891. The van der Waals surface area contributed by atoms with Crippen LogP contribution >= 0.6 is 0 Å². The van der Waals surface area contributed by atoms with Crippen LogP contribution in [0.1, 0.15) is 33.6 Å². The van der Waals surface area contributed by atoms with Gasteiger partial charge in [-0.05, 0) is 18.3 Å². The van der Waals surface area contributed by atoms with Gasteiger partial charge in [-0.1, -0.05) is 20.8 Å². The summed E-state index contributed by atoms with van der Waals surface area (Å²) in [4.78, 5) is 13.6. The summed E-state index contributed by atoms with van der Waals surface area (Å²) < 4.78 is 0. The van der Waals surface area contributed by atoms with Crippen LogP contribution in [0.4, 0.5) is 4.79 Å². The average Bonchev–Trinajstić information content (AvgIpc) is 2.14. The third kappa shape index (κ3) is 3.09. The predicted octanol–water partition coefficient (Wildman–Crippen LogP) is 1.20. The molecule has 0 aromatic carbocycles. The van der Waals surface area contributed by atoms with E-state index in [1.54, 1.807) is 0 Å². The molecule has 15 heavy (non-hydrogen) atoms. The molecule has 1 aliphatic rings. The number of hydrogen-bond acceptors (Lipinski definition) is 2. The van der Waals surface area contributed by atoms with Crippen LogP contribution in [-0.2, 0) is 0 Å². The molecule has 0 radical (unpaired) electrons. The number of aliphatic hydroxyl groups excluding tert-OH is 1. The van der Waals surface area contributed by atoms with Crippen molar-refractivity contribution in [2.24, 2.45) is 5.41 Å². The van der Waals surface area contributed by atoms with Crippen LogP contribution in [0.2, 0.25) is 0 Å². The van der Waals surface area contributed by atoms with Crippen molar-refractivity contribution in [1.82, 2.24) is 10.2 Å². The summed E-state index contributed by atoms with van der Waals surface area (Å²) in [6.07, 6.45) is 1.64. The Morgan fingerprint density at radius 3 is 2.67 bits per heavy atom. The van der Waals surface area contributed by atoms with Gasteiger partial charge in [0.25, 0.3) is 0 Å². The number of rotatable bonds is 3. The van der Waals surface area contributed by atoms with Crippen LogP contribution in [0.5, 0.6) is 0 Å². The van der Waals surface area contributed by atoms with E-state index in [9.17, 15) is 4.79 Å². The van der Waals surface area contributed by atoms with Crippen molar-refractivity contribution >= 4 is 6.03 Å². The summed E-state index contributed by atoms with van der Waals surface area (Å²) in [5.74, 6) is 0. The third-order valence-electron chi connectivity index (χ3n) is 2.89. The standard InChI is InChI=1S/C11H22N2O2/c1-11(2,3)9(5-8-14)13-7-4-6-12-10(13)15/h9,14H,4-8H2,1-3H3,(H,12,15). The Morgan fingerprint density at radius 1 is 1.53 bits per heavy atom. The van der Waals surface area contributed by atoms with Crippen LogP contribution in [-0.4, -0.2) is 41.8 Å². The molecule has 1 fully saturated rings. The van der Waals surface area contributed by atoms with Gasteiger partial charge in [-0.3, -0.25) is 0 Å². The average molecular weight is 214 g/mol. The van der Waals surface area contributed by atoms with Crippen molar-refractivity contribution in [1.29, 1.82) is 0 Å². The maximum absolute atomic E-state index is 11.7. The molecule has 0 bridgehead atoms. The Kier molecular flexibility index (Phi) is 3.97. The highest BCUT2D eigenvalue weighted by Gasteiger charge is 2.33.